The summed E-state index contributed by atoms with van der Waals surface area (Å²) >= 11 is 0. The van der Waals surface area contributed by atoms with Crippen molar-refractivity contribution in [2.45, 2.75) is 52.2 Å². The number of carbonyl (C=O) groups excluding carboxylic acids is 1. The minimum atomic E-state index is -4.98. The van der Waals surface area contributed by atoms with Crippen LogP contribution in [0.25, 0.3) is 0 Å². The van der Waals surface area contributed by atoms with Crippen LogP contribution in [0.4, 0.5) is 26.3 Å². The molecule has 0 radical (unpaired) electrons. The van der Waals surface area contributed by atoms with Crippen LogP contribution in [0.15, 0.2) is 18.2 Å². The Kier molecular flexibility index (Phi) is 7.89. The van der Waals surface area contributed by atoms with Gasteiger partial charge in [-0.05, 0) is 48.3 Å². The van der Waals surface area contributed by atoms with Crippen LogP contribution in [0.5, 0.6) is 0 Å². The molecule has 1 N–H and O–H groups in total. The smallest absolute Gasteiger partial charge is 0.416 e. The van der Waals surface area contributed by atoms with E-state index < -0.39 is 41.2 Å². The SMILES string of the molecule is CC(=O)OC(C#Cc1cc(C(F)(F)F)cc(C(F)(F)F)c1)N1CCC(C(C)(C)CO)CC1. The fraction of sp³-hybridized carbons (Fsp3) is 0.591. The second-order valence-electron chi connectivity index (χ2n) is 8.48. The lowest BCUT2D eigenvalue weighted by Gasteiger charge is -2.40. The first-order chi connectivity index (χ1) is 14.6. The first-order valence-electron chi connectivity index (χ1n) is 9.96. The van der Waals surface area contributed by atoms with E-state index in [1.807, 2.05) is 13.8 Å². The number of hydrogen-bond donors (Lipinski definition) is 1. The standard InChI is InChI=1S/C22H25F6NO3/c1-14(31)32-19(29-8-6-16(7-9-29)20(2,3)13-30)5-4-15-10-17(21(23,24)25)12-18(11-15)22(26,27)28/h10-12,16,19,30H,6-9,13H2,1-3H3. The zero-order valence-electron chi connectivity index (χ0n) is 17.9. The zero-order valence-corrected chi connectivity index (χ0v) is 17.9. The number of aliphatic hydroxyl groups is 1. The number of alkyl halides is 6. The summed E-state index contributed by atoms with van der Waals surface area (Å²) in [5.41, 5.74) is -3.72. The average Bonchev–Trinajstić information content (AvgIpc) is 2.69. The van der Waals surface area contributed by atoms with E-state index in [1.54, 1.807) is 4.90 Å². The average molecular weight is 465 g/mol. The van der Waals surface area contributed by atoms with E-state index in [0.717, 1.165) is 6.92 Å². The van der Waals surface area contributed by atoms with E-state index in [-0.39, 0.29) is 24.0 Å². The van der Waals surface area contributed by atoms with Crippen LogP contribution in [-0.2, 0) is 21.9 Å². The van der Waals surface area contributed by atoms with E-state index >= 15 is 0 Å². The summed E-state index contributed by atoms with van der Waals surface area (Å²) in [4.78, 5) is 13.2. The summed E-state index contributed by atoms with van der Waals surface area (Å²) < 4.78 is 83.5. The van der Waals surface area contributed by atoms with Crippen molar-refractivity contribution in [1.29, 1.82) is 0 Å². The molecule has 1 unspecified atom stereocenters. The van der Waals surface area contributed by atoms with Gasteiger partial charge in [0.15, 0.2) is 0 Å². The molecule has 1 saturated heterocycles. The summed E-state index contributed by atoms with van der Waals surface area (Å²) in [5, 5.41) is 9.54. The lowest BCUT2D eigenvalue weighted by molar-refractivity contribution is -0.152. The van der Waals surface area contributed by atoms with Gasteiger partial charge < -0.3 is 9.84 Å². The minimum absolute atomic E-state index is 0.00192. The number of halogens is 6. The normalized spacial score (nSPS) is 17.4. The van der Waals surface area contributed by atoms with E-state index in [4.69, 9.17) is 4.74 Å². The third kappa shape index (κ3) is 6.87. The molecule has 1 heterocycles. The van der Waals surface area contributed by atoms with Crippen LogP contribution in [0, 0.1) is 23.2 Å². The van der Waals surface area contributed by atoms with Crippen LogP contribution in [0.3, 0.4) is 0 Å². The quantitative estimate of drug-likeness (QED) is 0.398. The summed E-state index contributed by atoms with van der Waals surface area (Å²) in [5.74, 6) is 4.35. The summed E-state index contributed by atoms with van der Waals surface area (Å²) in [6.07, 6.45) is -9.75. The highest BCUT2D eigenvalue weighted by atomic mass is 19.4. The zero-order chi connectivity index (χ0) is 24.3. The minimum Gasteiger partial charge on any atom is -0.435 e. The molecular weight excluding hydrogens is 440 g/mol. The number of rotatable bonds is 4. The fourth-order valence-corrected chi connectivity index (χ4v) is 3.57. The van der Waals surface area contributed by atoms with Crippen molar-refractivity contribution in [2.24, 2.45) is 11.3 Å². The van der Waals surface area contributed by atoms with Crippen molar-refractivity contribution in [3.8, 4) is 11.8 Å². The number of aliphatic hydroxyl groups excluding tert-OH is 1. The van der Waals surface area contributed by atoms with E-state index in [2.05, 4.69) is 11.8 Å². The van der Waals surface area contributed by atoms with Crippen LogP contribution < -0.4 is 0 Å². The highest BCUT2D eigenvalue weighted by molar-refractivity contribution is 5.66. The maximum Gasteiger partial charge on any atom is 0.416 e. The lowest BCUT2D eigenvalue weighted by Crippen LogP contribution is -2.46. The van der Waals surface area contributed by atoms with Gasteiger partial charge in [0.05, 0.1) is 11.1 Å². The Balaban J connectivity index is 2.32. The molecule has 32 heavy (non-hydrogen) atoms. The van der Waals surface area contributed by atoms with Gasteiger partial charge in [-0.1, -0.05) is 19.8 Å². The monoisotopic (exact) mass is 465 g/mol. The van der Waals surface area contributed by atoms with Crippen molar-refractivity contribution < 1.29 is 41.0 Å². The van der Waals surface area contributed by atoms with Gasteiger partial charge in [0.2, 0.25) is 6.23 Å². The second-order valence-corrected chi connectivity index (χ2v) is 8.48. The van der Waals surface area contributed by atoms with Gasteiger partial charge in [0.25, 0.3) is 0 Å². The third-order valence-corrected chi connectivity index (χ3v) is 5.58. The lowest BCUT2D eigenvalue weighted by atomic mass is 9.74. The maximum absolute atomic E-state index is 13.0. The van der Waals surface area contributed by atoms with Gasteiger partial charge in [-0.25, -0.2) is 0 Å². The molecule has 1 aromatic rings. The molecule has 1 aromatic carbocycles. The molecule has 0 spiro atoms. The molecule has 1 fully saturated rings. The van der Waals surface area contributed by atoms with E-state index in [1.165, 1.54) is 0 Å². The Bertz CT molecular complexity index is 842. The molecule has 1 atom stereocenters. The molecule has 0 bridgehead atoms. The maximum atomic E-state index is 13.0. The molecule has 0 aliphatic carbocycles. The van der Waals surface area contributed by atoms with E-state index in [0.29, 0.717) is 38.1 Å². The van der Waals surface area contributed by atoms with Gasteiger partial charge >= 0.3 is 18.3 Å². The Hall–Kier alpha value is -2.25. The Morgan fingerprint density at radius 3 is 2.00 bits per heavy atom. The van der Waals surface area contributed by atoms with Gasteiger partial charge in [-0.3, -0.25) is 9.69 Å². The number of ether oxygens (including phenoxy) is 1. The number of hydrogen-bond acceptors (Lipinski definition) is 4. The molecule has 0 aromatic heterocycles. The topological polar surface area (TPSA) is 49.8 Å². The van der Waals surface area contributed by atoms with Gasteiger partial charge in [-0.2, -0.15) is 26.3 Å². The summed E-state index contributed by atoms with van der Waals surface area (Å²) in [6, 6.07) is 1.09. The Morgan fingerprint density at radius 2 is 1.59 bits per heavy atom. The second kappa shape index (κ2) is 9.71. The van der Waals surface area contributed by atoms with Crippen LogP contribution >= 0.6 is 0 Å². The van der Waals surface area contributed by atoms with Crippen LogP contribution in [-0.4, -0.2) is 41.9 Å². The van der Waals surface area contributed by atoms with Gasteiger partial charge in [0, 0.05) is 32.2 Å². The first-order valence-corrected chi connectivity index (χ1v) is 9.96. The Morgan fingerprint density at radius 1 is 1.09 bits per heavy atom. The highest BCUT2D eigenvalue weighted by Crippen LogP contribution is 2.37. The first kappa shape index (κ1) is 26.0. The molecule has 4 nitrogen and oxygen atoms in total. The molecule has 0 saturated carbocycles. The summed E-state index contributed by atoms with van der Waals surface area (Å²) in [6.45, 7) is 5.89. The van der Waals surface area contributed by atoms with Crippen molar-refractivity contribution in [2.75, 3.05) is 19.7 Å². The predicted molar refractivity (Wildman–Crippen MR) is 104 cm³/mol. The molecule has 1 aliphatic rings. The molecule has 0 amide bonds. The molecule has 1 aliphatic heterocycles. The fourth-order valence-electron chi connectivity index (χ4n) is 3.57. The largest absolute Gasteiger partial charge is 0.435 e. The van der Waals surface area contributed by atoms with E-state index in [9.17, 15) is 36.2 Å². The van der Waals surface area contributed by atoms with Crippen molar-refractivity contribution in [1.82, 2.24) is 4.90 Å². The molecular formula is C22H25F6NO3. The van der Waals surface area contributed by atoms with Crippen molar-refractivity contribution in [3.05, 3.63) is 34.9 Å². The van der Waals surface area contributed by atoms with Crippen molar-refractivity contribution in [3.63, 3.8) is 0 Å². The van der Waals surface area contributed by atoms with Crippen LogP contribution in [0.1, 0.15) is 50.3 Å². The number of esters is 1. The third-order valence-electron chi connectivity index (χ3n) is 5.58. The Labute approximate surface area is 182 Å². The molecule has 2 rings (SSSR count). The van der Waals surface area contributed by atoms with Gasteiger partial charge in [0.1, 0.15) is 0 Å². The predicted octanol–water partition coefficient (Wildman–Crippen LogP) is 4.70. The molecule has 178 valence electrons. The van der Waals surface area contributed by atoms with Crippen molar-refractivity contribution >= 4 is 5.97 Å². The number of likely N-dealkylation sites (tertiary alicyclic amines) is 1. The molecule has 10 heteroatoms. The number of piperidine rings is 1. The highest BCUT2D eigenvalue weighted by Gasteiger charge is 2.37. The van der Waals surface area contributed by atoms with Gasteiger partial charge in [-0.15, -0.1) is 0 Å². The van der Waals surface area contributed by atoms with Crippen LogP contribution in [0.2, 0.25) is 0 Å². The number of carbonyl (C=O) groups is 1. The number of nitrogens with zero attached hydrogens (tertiary/aromatic N) is 1. The number of benzene rings is 1. The summed E-state index contributed by atoms with van der Waals surface area (Å²) in [7, 11) is 0.